The summed E-state index contributed by atoms with van der Waals surface area (Å²) in [5.41, 5.74) is 0.403. The summed E-state index contributed by atoms with van der Waals surface area (Å²) in [6, 6.07) is 10.1. The van der Waals surface area contributed by atoms with Gasteiger partial charge in [-0.3, -0.25) is 4.72 Å². The number of nitrogens with one attached hydrogen (secondary N) is 1. The second-order valence-corrected chi connectivity index (χ2v) is 6.36. The highest BCUT2D eigenvalue weighted by molar-refractivity contribution is 7.92. The highest BCUT2D eigenvalue weighted by atomic mass is 35.5. The van der Waals surface area contributed by atoms with E-state index < -0.39 is 15.8 Å². The molecule has 0 aromatic heterocycles. The highest BCUT2D eigenvalue weighted by Gasteiger charge is 2.20. The number of halogens is 2. The van der Waals surface area contributed by atoms with Crippen LogP contribution < -0.4 is 4.72 Å². The van der Waals surface area contributed by atoms with Crippen molar-refractivity contribution in [1.29, 1.82) is 5.26 Å². The lowest BCUT2D eigenvalue weighted by atomic mass is 10.2. The molecular formula is C14H10ClFN2O2S. The summed E-state index contributed by atoms with van der Waals surface area (Å²) in [6.45, 7) is 1.59. The van der Waals surface area contributed by atoms with Crippen molar-refractivity contribution in [2.24, 2.45) is 0 Å². The number of sulfonamides is 1. The Hall–Kier alpha value is -2.10. The Bertz CT molecular complexity index is 845. The first-order chi connectivity index (χ1) is 9.85. The number of hydrogen-bond acceptors (Lipinski definition) is 3. The van der Waals surface area contributed by atoms with E-state index in [1.807, 2.05) is 6.07 Å². The van der Waals surface area contributed by atoms with Crippen LogP contribution in [0, 0.1) is 24.1 Å². The van der Waals surface area contributed by atoms with Crippen LogP contribution in [0.4, 0.5) is 10.1 Å². The van der Waals surface area contributed by atoms with E-state index in [9.17, 15) is 12.8 Å². The first kappa shape index (κ1) is 15.3. The predicted molar refractivity (Wildman–Crippen MR) is 78.1 cm³/mol. The molecule has 0 heterocycles. The van der Waals surface area contributed by atoms with Crippen LogP contribution in [0.2, 0.25) is 5.02 Å². The van der Waals surface area contributed by atoms with E-state index in [0.717, 1.165) is 0 Å². The molecule has 0 saturated heterocycles. The van der Waals surface area contributed by atoms with Crippen molar-refractivity contribution in [3.8, 4) is 6.07 Å². The van der Waals surface area contributed by atoms with Gasteiger partial charge in [0.25, 0.3) is 10.0 Å². The average Bonchev–Trinajstić information content (AvgIpc) is 2.44. The molecule has 21 heavy (non-hydrogen) atoms. The number of benzene rings is 2. The first-order valence-electron chi connectivity index (χ1n) is 5.83. The third-order valence-electron chi connectivity index (χ3n) is 2.80. The van der Waals surface area contributed by atoms with Crippen molar-refractivity contribution in [1.82, 2.24) is 0 Å². The molecule has 0 atom stereocenters. The second kappa shape index (κ2) is 5.72. The van der Waals surface area contributed by atoms with Crippen molar-refractivity contribution in [2.75, 3.05) is 4.72 Å². The van der Waals surface area contributed by atoms with Crippen molar-refractivity contribution < 1.29 is 12.8 Å². The Kier molecular flexibility index (Phi) is 4.16. The van der Waals surface area contributed by atoms with Gasteiger partial charge in [0.2, 0.25) is 0 Å². The molecule has 0 aliphatic rings. The van der Waals surface area contributed by atoms with E-state index in [2.05, 4.69) is 4.72 Å². The molecule has 0 amide bonds. The van der Waals surface area contributed by atoms with Gasteiger partial charge in [0.15, 0.2) is 5.82 Å². The van der Waals surface area contributed by atoms with Crippen LogP contribution in [0.25, 0.3) is 0 Å². The quantitative estimate of drug-likeness (QED) is 0.940. The standard InChI is InChI=1S/C14H10ClFN2O2S/c1-9-5-6-10(8-17)7-13(9)21(19,20)18-12-4-2-3-11(15)14(12)16/h2-7,18H,1H3. The summed E-state index contributed by atoms with van der Waals surface area (Å²) in [5, 5.41) is 8.66. The summed E-state index contributed by atoms with van der Waals surface area (Å²) in [4.78, 5) is -0.0825. The molecule has 108 valence electrons. The monoisotopic (exact) mass is 324 g/mol. The van der Waals surface area contributed by atoms with Crippen LogP contribution in [0.1, 0.15) is 11.1 Å². The SMILES string of the molecule is Cc1ccc(C#N)cc1S(=O)(=O)Nc1cccc(Cl)c1F. The van der Waals surface area contributed by atoms with E-state index >= 15 is 0 Å². The highest BCUT2D eigenvalue weighted by Crippen LogP contribution is 2.26. The summed E-state index contributed by atoms with van der Waals surface area (Å²) < 4.78 is 40.6. The number of hydrogen-bond donors (Lipinski definition) is 1. The second-order valence-electron chi connectivity index (χ2n) is 4.30. The fraction of sp³-hybridized carbons (Fsp3) is 0.0714. The van der Waals surface area contributed by atoms with E-state index in [4.69, 9.17) is 16.9 Å². The molecule has 0 aliphatic carbocycles. The zero-order valence-corrected chi connectivity index (χ0v) is 12.5. The van der Waals surface area contributed by atoms with Crippen molar-refractivity contribution in [2.45, 2.75) is 11.8 Å². The maximum Gasteiger partial charge on any atom is 0.262 e. The van der Waals surface area contributed by atoms with Gasteiger partial charge in [-0.05, 0) is 36.8 Å². The molecule has 1 N–H and O–H groups in total. The molecular weight excluding hydrogens is 315 g/mol. The van der Waals surface area contributed by atoms with Crippen LogP contribution >= 0.6 is 11.6 Å². The molecule has 0 saturated carbocycles. The third kappa shape index (κ3) is 3.15. The maximum atomic E-state index is 13.8. The molecule has 0 fully saturated rings. The van der Waals surface area contributed by atoms with Gasteiger partial charge in [0, 0.05) is 0 Å². The largest absolute Gasteiger partial charge is 0.277 e. The minimum absolute atomic E-state index is 0.0825. The first-order valence-corrected chi connectivity index (χ1v) is 7.69. The van der Waals surface area contributed by atoms with Crippen LogP contribution in [-0.4, -0.2) is 8.42 Å². The Morgan fingerprint density at radius 1 is 1.29 bits per heavy atom. The lowest BCUT2D eigenvalue weighted by molar-refractivity contribution is 0.598. The molecule has 7 heteroatoms. The predicted octanol–water partition coefficient (Wildman–Crippen LogP) is 3.46. The van der Waals surface area contributed by atoms with Gasteiger partial charge < -0.3 is 0 Å². The van der Waals surface area contributed by atoms with Gasteiger partial charge in [-0.2, -0.15) is 5.26 Å². The molecule has 2 aromatic carbocycles. The molecule has 2 aromatic rings. The Balaban J connectivity index is 2.49. The molecule has 0 bridgehead atoms. The molecule has 0 radical (unpaired) electrons. The molecule has 0 unspecified atom stereocenters. The van der Waals surface area contributed by atoms with Gasteiger partial charge in [-0.25, -0.2) is 12.8 Å². The van der Waals surface area contributed by atoms with Crippen molar-refractivity contribution >= 4 is 27.3 Å². The summed E-state index contributed by atoms with van der Waals surface area (Å²) >= 11 is 5.61. The van der Waals surface area contributed by atoms with Crippen LogP contribution in [0.3, 0.4) is 0 Å². The summed E-state index contributed by atoms with van der Waals surface area (Å²) in [7, 11) is -4.02. The van der Waals surface area contributed by atoms with Crippen LogP contribution in [-0.2, 0) is 10.0 Å². The normalized spacial score (nSPS) is 11.0. The van der Waals surface area contributed by atoms with E-state index in [-0.39, 0.29) is 21.2 Å². The van der Waals surface area contributed by atoms with Crippen molar-refractivity contribution in [3.05, 3.63) is 58.4 Å². The topological polar surface area (TPSA) is 70.0 Å². The maximum absolute atomic E-state index is 13.8. The number of nitriles is 1. The van der Waals surface area contributed by atoms with E-state index in [1.165, 1.54) is 36.4 Å². The molecule has 4 nitrogen and oxygen atoms in total. The third-order valence-corrected chi connectivity index (χ3v) is 4.60. The zero-order chi connectivity index (χ0) is 15.6. The smallest absolute Gasteiger partial charge is 0.262 e. The van der Waals surface area contributed by atoms with Gasteiger partial charge in [0.1, 0.15) is 0 Å². The minimum atomic E-state index is -4.02. The average molecular weight is 325 g/mol. The van der Waals surface area contributed by atoms with Gasteiger partial charge in [-0.15, -0.1) is 0 Å². The summed E-state index contributed by atoms with van der Waals surface area (Å²) in [6.07, 6.45) is 0. The Labute approximate surface area is 126 Å². The van der Waals surface area contributed by atoms with Gasteiger partial charge in [0.05, 0.1) is 27.2 Å². The Morgan fingerprint density at radius 2 is 2.00 bits per heavy atom. The van der Waals surface area contributed by atoms with Crippen molar-refractivity contribution in [3.63, 3.8) is 0 Å². The summed E-state index contributed by atoms with van der Waals surface area (Å²) in [5.74, 6) is -0.850. The van der Waals surface area contributed by atoms with Crippen LogP contribution in [0.5, 0.6) is 0 Å². The van der Waals surface area contributed by atoms with Crippen LogP contribution in [0.15, 0.2) is 41.3 Å². The number of anilines is 1. The molecule has 0 spiro atoms. The van der Waals surface area contributed by atoms with Gasteiger partial charge in [-0.1, -0.05) is 23.7 Å². The Morgan fingerprint density at radius 3 is 2.67 bits per heavy atom. The lowest BCUT2D eigenvalue weighted by Gasteiger charge is -2.11. The molecule has 0 aliphatic heterocycles. The number of aryl methyl sites for hydroxylation is 1. The molecule has 2 rings (SSSR count). The fourth-order valence-electron chi connectivity index (χ4n) is 1.74. The minimum Gasteiger partial charge on any atom is -0.277 e. The van der Waals surface area contributed by atoms with E-state index in [1.54, 1.807) is 6.92 Å². The fourth-order valence-corrected chi connectivity index (χ4v) is 3.25. The lowest BCUT2D eigenvalue weighted by Crippen LogP contribution is -2.15. The number of nitrogens with zero attached hydrogens (tertiary/aromatic N) is 1. The zero-order valence-electron chi connectivity index (χ0n) is 10.9. The van der Waals surface area contributed by atoms with E-state index in [0.29, 0.717) is 5.56 Å². The van der Waals surface area contributed by atoms with Gasteiger partial charge >= 0.3 is 0 Å². The number of rotatable bonds is 3.